The molecule has 0 spiro atoms. The molecule has 0 fully saturated rings. The van der Waals surface area contributed by atoms with Gasteiger partial charge in [-0.2, -0.15) is 0 Å². The lowest BCUT2D eigenvalue weighted by atomic mass is 10.1. The van der Waals surface area contributed by atoms with Crippen LogP contribution in [0.5, 0.6) is 0 Å². The van der Waals surface area contributed by atoms with Gasteiger partial charge in [0.15, 0.2) is 11.6 Å². The van der Waals surface area contributed by atoms with Gasteiger partial charge in [-0.1, -0.05) is 15.9 Å². The fraction of sp³-hybridized carbons (Fsp3) is 0. The summed E-state index contributed by atoms with van der Waals surface area (Å²) >= 11 is 3.05. The zero-order valence-electron chi connectivity index (χ0n) is 10.7. The molecule has 0 radical (unpaired) electrons. The summed E-state index contributed by atoms with van der Waals surface area (Å²) in [6.07, 6.45) is 1.55. The van der Waals surface area contributed by atoms with Crippen LogP contribution in [0.15, 0.2) is 47.1 Å². The molecule has 3 aromatic rings. The molecule has 2 aromatic carbocycles. The predicted octanol–water partition coefficient (Wildman–Crippen LogP) is 4.60. The molecular weight excluding hydrogens is 340 g/mol. The molecule has 3 nitrogen and oxygen atoms in total. The van der Waals surface area contributed by atoms with Gasteiger partial charge in [0.05, 0.1) is 5.52 Å². The van der Waals surface area contributed by atoms with E-state index in [0.717, 1.165) is 5.39 Å². The van der Waals surface area contributed by atoms with Gasteiger partial charge < -0.3 is 11.1 Å². The number of nitrogen functional groups attached to an aromatic ring is 1. The number of anilines is 3. The lowest BCUT2D eigenvalue weighted by molar-refractivity contribution is 0.589. The fourth-order valence-electron chi connectivity index (χ4n) is 2.07. The summed E-state index contributed by atoms with van der Waals surface area (Å²) in [6, 6.07) is 9.23. The number of halogens is 3. The van der Waals surface area contributed by atoms with Crippen molar-refractivity contribution in [1.29, 1.82) is 0 Å². The predicted molar refractivity (Wildman–Crippen MR) is 83.5 cm³/mol. The molecule has 0 bridgehead atoms. The van der Waals surface area contributed by atoms with Gasteiger partial charge in [0.25, 0.3) is 0 Å². The lowest BCUT2D eigenvalue weighted by Gasteiger charge is -2.11. The highest BCUT2D eigenvalue weighted by atomic mass is 79.9. The molecule has 0 atom stereocenters. The molecule has 3 rings (SSSR count). The Kier molecular flexibility index (Phi) is 3.47. The number of nitrogens with zero attached hydrogens (tertiary/aromatic N) is 1. The van der Waals surface area contributed by atoms with Crippen LogP contribution in [0, 0.1) is 11.6 Å². The highest BCUT2D eigenvalue weighted by molar-refractivity contribution is 9.10. The first kappa shape index (κ1) is 13.8. The van der Waals surface area contributed by atoms with Gasteiger partial charge in [-0.3, -0.25) is 4.98 Å². The third-order valence-corrected chi connectivity index (χ3v) is 3.49. The number of hydrogen-bond acceptors (Lipinski definition) is 3. The minimum Gasteiger partial charge on any atom is -0.399 e. The van der Waals surface area contributed by atoms with Crippen LogP contribution >= 0.6 is 15.9 Å². The molecule has 0 amide bonds. The van der Waals surface area contributed by atoms with Gasteiger partial charge in [-0.25, -0.2) is 8.78 Å². The molecule has 1 heterocycles. The van der Waals surface area contributed by atoms with E-state index in [-0.39, 0.29) is 5.69 Å². The van der Waals surface area contributed by atoms with Crippen molar-refractivity contribution in [2.24, 2.45) is 0 Å². The van der Waals surface area contributed by atoms with E-state index in [1.54, 1.807) is 30.5 Å². The zero-order chi connectivity index (χ0) is 15.0. The first-order chi connectivity index (χ1) is 10.0. The van der Waals surface area contributed by atoms with E-state index in [2.05, 4.69) is 26.2 Å². The highest BCUT2D eigenvalue weighted by Gasteiger charge is 2.12. The van der Waals surface area contributed by atoms with E-state index in [1.807, 2.05) is 0 Å². The fourth-order valence-corrected chi connectivity index (χ4v) is 2.47. The topological polar surface area (TPSA) is 50.9 Å². The molecule has 0 aliphatic rings. The van der Waals surface area contributed by atoms with E-state index in [9.17, 15) is 8.78 Å². The maximum atomic E-state index is 13.9. The molecule has 21 heavy (non-hydrogen) atoms. The SMILES string of the molecule is Nc1ccc2c(Nc3c(F)cc(Br)cc3F)ccnc2c1. The van der Waals surface area contributed by atoms with Gasteiger partial charge in [0, 0.05) is 27.4 Å². The van der Waals surface area contributed by atoms with Crippen LogP contribution in [0.25, 0.3) is 10.9 Å². The van der Waals surface area contributed by atoms with Gasteiger partial charge >= 0.3 is 0 Å². The smallest absolute Gasteiger partial charge is 0.150 e. The second-order valence-electron chi connectivity index (χ2n) is 4.50. The molecule has 106 valence electrons. The molecule has 3 N–H and O–H groups in total. The Bertz CT molecular complexity index is 813. The first-order valence-corrected chi connectivity index (χ1v) is 6.90. The molecule has 1 aromatic heterocycles. The summed E-state index contributed by atoms with van der Waals surface area (Å²) in [7, 11) is 0. The Morgan fingerprint density at radius 1 is 1.05 bits per heavy atom. The van der Waals surface area contributed by atoms with E-state index in [1.165, 1.54) is 12.1 Å². The van der Waals surface area contributed by atoms with E-state index < -0.39 is 11.6 Å². The molecule has 0 aliphatic heterocycles. The Balaban J connectivity index is 2.11. The van der Waals surface area contributed by atoms with Crippen LogP contribution < -0.4 is 11.1 Å². The number of nitrogens with one attached hydrogen (secondary N) is 1. The number of nitrogens with two attached hydrogens (primary N) is 1. The van der Waals surface area contributed by atoms with Gasteiger partial charge in [0.2, 0.25) is 0 Å². The van der Waals surface area contributed by atoms with Gasteiger partial charge in [0.1, 0.15) is 5.69 Å². The summed E-state index contributed by atoms with van der Waals surface area (Å²) < 4.78 is 28.1. The Labute approximate surface area is 127 Å². The average molecular weight is 350 g/mol. The maximum Gasteiger partial charge on any atom is 0.150 e. The zero-order valence-corrected chi connectivity index (χ0v) is 12.3. The Morgan fingerprint density at radius 3 is 2.48 bits per heavy atom. The van der Waals surface area contributed by atoms with E-state index in [0.29, 0.717) is 21.4 Å². The molecule has 0 saturated heterocycles. The van der Waals surface area contributed by atoms with Crippen molar-refractivity contribution in [3.8, 4) is 0 Å². The standard InChI is InChI=1S/C15H10BrF2N3/c16-8-5-11(17)15(12(18)6-8)21-13-3-4-20-14-7-9(19)1-2-10(13)14/h1-7H,19H2,(H,20,21). The maximum absolute atomic E-state index is 13.9. The van der Waals surface area contributed by atoms with Gasteiger partial charge in [-0.15, -0.1) is 0 Å². The molecule has 6 heteroatoms. The van der Waals surface area contributed by atoms with Crippen molar-refractivity contribution in [2.45, 2.75) is 0 Å². The van der Waals surface area contributed by atoms with Gasteiger partial charge in [-0.05, 0) is 36.4 Å². The van der Waals surface area contributed by atoms with Crippen LogP contribution in [0.2, 0.25) is 0 Å². The summed E-state index contributed by atoms with van der Waals surface area (Å²) in [5, 5.41) is 3.51. The molecule has 0 unspecified atom stereocenters. The van der Waals surface area contributed by atoms with Crippen molar-refractivity contribution < 1.29 is 8.78 Å². The number of rotatable bonds is 2. The van der Waals surface area contributed by atoms with Crippen LogP contribution in [-0.4, -0.2) is 4.98 Å². The van der Waals surface area contributed by atoms with Crippen molar-refractivity contribution in [3.63, 3.8) is 0 Å². The van der Waals surface area contributed by atoms with Crippen LogP contribution in [0.4, 0.5) is 25.8 Å². The van der Waals surface area contributed by atoms with E-state index >= 15 is 0 Å². The number of aromatic nitrogens is 1. The molecule has 0 saturated carbocycles. The van der Waals surface area contributed by atoms with E-state index in [4.69, 9.17) is 5.73 Å². The second-order valence-corrected chi connectivity index (χ2v) is 5.42. The largest absolute Gasteiger partial charge is 0.399 e. The van der Waals surface area contributed by atoms with Crippen LogP contribution in [-0.2, 0) is 0 Å². The quantitative estimate of drug-likeness (QED) is 0.664. The minimum atomic E-state index is -0.678. The summed E-state index contributed by atoms with van der Waals surface area (Å²) in [4.78, 5) is 4.19. The van der Waals surface area contributed by atoms with Crippen LogP contribution in [0.1, 0.15) is 0 Å². The molecule has 0 aliphatic carbocycles. The minimum absolute atomic E-state index is 0.206. The molecular formula is C15H10BrF2N3. The monoisotopic (exact) mass is 349 g/mol. The summed E-state index contributed by atoms with van der Waals surface area (Å²) in [5.41, 5.74) is 7.28. The highest BCUT2D eigenvalue weighted by Crippen LogP contribution is 2.30. The average Bonchev–Trinajstić information content (AvgIpc) is 2.42. The number of fused-ring (bicyclic) bond motifs is 1. The second kappa shape index (κ2) is 5.29. The Hall–Kier alpha value is -2.21. The first-order valence-electron chi connectivity index (χ1n) is 6.10. The number of pyridine rings is 1. The third-order valence-electron chi connectivity index (χ3n) is 3.03. The normalized spacial score (nSPS) is 10.8. The number of hydrogen-bond donors (Lipinski definition) is 2. The number of benzene rings is 2. The Morgan fingerprint density at radius 2 is 1.76 bits per heavy atom. The summed E-state index contributed by atoms with van der Waals surface area (Å²) in [6.45, 7) is 0. The van der Waals surface area contributed by atoms with Crippen molar-refractivity contribution in [3.05, 3.63) is 58.7 Å². The van der Waals surface area contributed by atoms with Crippen molar-refractivity contribution in [2.75, 3.05) is 11.1 Å². The van der Waals surface area contributed by atoms with Crippen LogP contribution in [0.3, 0.4) is 0 Å². The lowest BCUT2D eigenvalue weighted by Crippen LogP contribution is -1.99. The summed E-state index contributed by atoms with van der Waals surface area (Å²) in [5.74, 6) is -1.36. The van der Waals surface area contributed by atoms with Crippen molar-refractivity contribution >= 4 is 43.9 Å². The van der Waals surface area contributed by atoms with Crippen molar-refractivity contribution in [1.82, 2.24) is 4.98 Å². The third kappa shape index (κ3) is 2.67.